The molecular weight excluding hydrogens is 807 g/mol. The third kappa shape index (κ3) is 14.0. The molecule has 13 nitrogen and oxygen atoms in total. The molecule has 1 N–H and O–H groups in total. The third-order valence-corrected chi connectivity index (χ3v) is 11.6. The van der Waals surface area contributed by atoms with Crippen molar-refractivity contribution in [1.29, 1.82) is 0 Å². The first kappa shape index (κ1) is 50.6. The predicted octanol–water partition coefficient (Wildman–Crippen LogP) is 8.37. The lowest BCUT2D eigenvalue weighted by Crippen LogP contribution is -2.24. The van der Waals surface area contributed by atoms with Gasteiger partial charge in [0.1, 0.15) is 30.0 Å². The lowest BCUT2D eigenvalue weighted by Gasteiger charge is -2.23. The zero-order valence-electron chi connectivity index (χ0n) is 37.9. The fourth-order valence-corrected chi connectivity index (χ4v) is 8.96. The number of nitrogens with zero attached hydrogens (tertiary/aromatic N) is 1. The largest absolute Gasteiger partial charge is 0.502 e. The number of allylic oxidation sites excluding steroid dienone is 1. The molecule has 2 aromatic rings. The summed E-state index contributed by atoms with van der Waals surface area (Å²) in [6.45, 7) is 21.8. The number of hydrogen-bond acceptors (Lipinski definition) is 12. The van der Waals surface area contributed by atoms with Gasteiger partial charge in [-0.25, -0.2) is 6.57 Å². The van der Waals surface area contributed by atoms with Crippen LogP contribution in [0.15, 0.2) is 73.5 Å². The van der Waals surface area contributed by atoms with Crippen molar-refractivity contribution in [3.8, 4) is 11.5 Å². The Kier molecular flexibility index (Phi) is 20.9. The van der Waals surface area contributed by atoms with Crippen LogP contribution in [0.4, 0.5) is 0 Å². The molecule has 0 aromatic heterocycles. The Morgan fingerprint density at radius 2 is 1.44 bits per heavy atom. The monoisotopic (exact) mass is 873 g/mol. The maximum absolute atomic E-state index is 11.5. The number of aryl methyl sites for hydroxylation is 2. The van der Waals surface area contributed by atoms with Gasteiger partial charge in [-0.2, -0.15) is 0 Å². The molecule has 344 valence electrons. The number of para-hydroxylation sites is 2. The number of fused-ring (bicyclic) bond motifs is 6. The van der Waals surface area contributed by atoms with Gasteiger partial charge in [-0.15, -0.1) is 0 Å². The van der Waals surface area contributed by atoms with E-state index in [4.69, 9.17) is 35.0 Å². The lowest BCUT2D eigenvalue weighted by atomic mass is 9.86. The lowest BCUT2D eigenvalue weighted by molar-refractivity contribution is -0.141. The van der Waals surface area contributed by atoms with Crippen LogP contribution in [-0.2, 0) is 55.6 Å². The van der Waals surface area contributed by atoms with E-state index in [2.05, 4.69) is 45.2 Å². The van der Waals surface area contributed by atoms with Gasteiger partial charge in [0, 0.05) is 73.2 Å². The van der Waals surface area contributed by atoms with Crippen molar-refractivity contribution in [2.45, 2.75) is 141 Å². The molecule has 2 aromatic carbocycles. The van der Waals surface area contributed by atoms with Crippen LogP contribution in [-0.4, -0.2) is 93.8 Å². The number of carbonyl (C=O) groups excluding carboxylic acids is 3. The summed E-state index contributed by atoms with van der Waals surface area (Å²) in [5.41, 5.74) is 4.46. The highest BCUT2D eigenvalue weighted by molar-refractivity contribution is 5.69. The third-order valence-electron chi connectivity index (χ3n) is 11.6. The zero-order valence-corrected chi connectivity index (χ0v) is 37.9. The van der Waals surface area contributed by atoms with Gasteiger partial charge in [0.25, 0.3) is 0 Å². The molecule has 0 saturated heterocycles. The van der Waals surface area contributed by atoms with E-state index < -0.39 is 18.6 Å². The molecule has 2 aliphatic heterocycles. The van der Waals surface area contributed by atoms with Gasteiger partial charge in [-0.05, 0) is 77.5 Å². The Labute approximate surface area is 373 Å². The molecule has 63 heavy (non-hydrogen) atoms. The fourth-order valence-electron chi connectivity index (χ4n) is 8.96. The molecule has 2 fully saturated rings. The van der Waals surface area contributed by atoms with Gasteiger partial charge < -0.3 is 38.3 Å². The number of aliphatic hydroxyl groups excluding tert-OH is 1. The molecule has 2 unspecified atom stereocenters. The number of rotatable bonds is 20. The molecule has 0 radical (unpaired) electrons. The summed E-state index contributed by atoms with van der Waals surface area (Å²) < 4.78 is 44.0. The van der Waals surface area contributed by atoms with Crippen molar-refractivity contribution in [2.75, 3.05) is 27.4 Å². The minimum Gasteiger partial charge on any atom is -0.502 e. The van der Waals surface area contributed by atoms with E-state index in [0.717, 1.165) is 60.3 Å². The second kappa shape index (κ2) is 25.9. The van der Waals surface area contributed by atoms with Crippen molar-refractivity contribution in [3.05, 3.63) is 107 Å². The van der Waals surface area contributed by atoms with E-state index in [1.165, 1.54) is 32.1 Å². The summed E-state index contributed by atoms with van der Waals surface area (Å²) in [6.07, 6.45) is 12.7. The number of hydrogen-bond donors (Lipinski definition) is 1. The minimum absolute atomic E-state index is 0.00178. The summed E-state index contributed by atoms with van der Waals surface area (Å²) in [7, 11) is 2.81. The second-order valence-corrected chi connectivity index (χ2v) is 16.0. The molecular formula is C50H67NO12. The van der Waals surface area contributed by atoms with Gasteiger partial charge in [0.2, 0.25) is 0 Å². The number of carbonyl (C=O) groups is 3. The minimum atomic E-state index is -0.716. The Hall–Kier alpha value is -5.00. The standard InChI is InChI=1S/C27H37NO6.C19H22O5.C4H8O/c1-7-31-18(4)33-24(28-5)15-14-20-22(32-17(2)3)16-23-26(20)21-12-8-10-19(27(21)34-23)11-9-13-25(29)30-6;1-23-17(22)9-3-6-12-5-2-7-14-18-13(8-4-10-20)15(21)11-16(18)24-19(12)14;1-3-5-4-2/h8,10,12,14-15,17-18,20,22-24,26H,7,9,11,13,16H2,1-4,6H3;2,4-5,7-8,10,13,15-16,18,21H,3,6,9,11H2,1H3;3H,1,4H2,2H3/b15-14+;8-4+;/t18?,20-,22+,23-,24?,26-;13-,15+,16-,18-;/m00./s1. The van der Waals surface area contributed by atoms with E-state index in [1.54, 1.807) is 13.0 Å². The van der Waals surface area contributed by atoms with Crippen molar-refractivity contribution < 1.29 is 57.4 Å². The highest BCUT2D eigenvalue weighted by atomic mass is 16.7. The van der Waals surface area contributed by atoms with Gasteiger partial charge >= 0.3 is 18.2 Å². The molecule has 0 amide bonds. The number of esters is 2. The summed E-state index contributed by atoms with van der Waals surface area (Å²) in [6, 6.07) is 12.3. The first-order valence-corrected chi connectivity index (χ1v) is 22.1. The summed E-state index contributed by atoms with van der Waals surface area (Å²) in [4.78, 5) is 37.0. The summed E-state index contributed by atoms with van der Waals surface area (Å²) in [5, 5.41) is 10.2. The van der Waals surface area contributed by atoms with Crippen molar-refractivity contribution in [1.82, 2.24) is 0 Å². The van der Waals surface area contributed by atoms with Crippen LogP contribution in [0.3, 0.4) is 0 Å². The Morgan fingerprint density at radius 1 is 0.873 bits per heavy atom. The Bertz CT molecular complexity index is 1890. The average Bonchev–Trinajstić information content (AvgIpc) is 4.00. The number of benzene rings is 2. The van der Waals surface area contributed by atoms with Crippen LogP contribution in [0.2, 0.25) is 0 Å². The molecule has 4 aliphatic rings. The first-order valence-electron chi connectivity index (χ1n) is 22.1. The molecule has 2 heterocycles. The van der Waals surface area contributed by atoms with Gasteiger partial charge in [0.15, 0.2) is 6.29 Å². The molecule has 2 saturated carbocycles. The van der Waals surface area contributed by atoms with Crippen LogP contribution >= 0.6 is 0 Å². The smallest absolute Gasteiger partial charge is 0.349 e. The van der Waals surface area contributed by atoms with E-state index in [1.807, 2.05) is 52.0 Å². The van der Waals surface area contributed by atoms with Gasteiger partial charge in [0.05, 0.1) is 45.4 Å². The van der Waals surface area contributed by atoms with Crippen LogP contribution in [0.1, 0.15) is 107 Å². The topological polar surface area (TPSA) is 150 Å². The Balaban J connectivity index is 0.000000261. The second-order valence-electron chi connectivity index (χ2n) is 16.0. The van der Waals surface area contributed by atoms with Crippen LogP contribution in [0, 0.1) is 18.4 Å². The van der Waals surface area contributed by atoms with Crippen molar-refractivity contribution in [2.24, 2.45) is 11.8 Å². The molecule has 2 aliphatic carbocycles. The SMILES string of the molecule is C=COCC.COC(=O)CCCc1cccc2c1O[C@H]1C[C@@H](O)[C@H](/C=C/C=O)[C@@H]21.[C-]#[N+]C(/C=C/[C@@H]1[C@H]2c3cccc(CCCC(=O)OC)c3O[C@H]2C[C@H]1OC(C)C)OC(C)OCC. The maximum Gasteiger partial charge on any atom is 0.349 e. The van der Waals surface area contributed by atoms with Crippen LogP contribution < -0.4 is 9.47 Å². The van der Waals surface area contributed by atoms with Gasteiger partial charge in [-0.3, -0.25) is 24.0 Å². The molecule has 0 spiro atoms. The number of methoxy groups -OCH3 is 2. The molecule has 0 bridgehead atoms. The average molecular weight is 874 g/mol. The molecule has 6 rings (SSSR count). The van der Waals surface area contributed by atoms with E-state index >= 15 is 0 Å². The number of aldehydes is 1. The Morgan fingerprint density at radius 3 is 1.92 bits per heavy atom. The summed E-state index contributed by atoms with van der Waals surface area (Å²) >= 11 is 0. The van der Waals surface area contributed by atoms with Gasteiger partial charge in [-0.1, -0.05) is 55.1 Å². The summed E-state index contributed by atoms with van der Waals surface area (Å²) in [5.74, 6) is 1.60. The van der Waals surface area contributed by atoms with Crippen molar-refractivity contribution >= 4 is 18.2 Å². The molecule has 13 heteroatoms. The maximum atomic E-state index is 11.5. The zero-order chi connectivity index (χ0) is 45.9. The van der Waals surface area contributed by atoms with Crippen LogP contribution in [0.5, 0.6) is 11.5 Å². The van der Waals surface area contributed by atoms with Crippen LogP contribution in [0.25, 0.3) is 4.85 Å². The molecule has 10 atom stereocenters. The fraction of sp³-hybridized carbons (Fsp3) is 0.560. The number of aliphatic hydroxyl groups is 1. The van der Waals surface area contributed by atoms with E-state index in [0.29, 0.717) is 38.7 Å². The number of ether oxygens (including phenoxy) is 8. The highest BCUT2D eigenvalue weighted by Gasteiger charge is 2.51. The van der Waals surface area contributed by atoms with Crippen molar-refractivity contribution in [3.63, 3.8) is 0 Å². The quantitative estimate of drug-likeness (QED) is 0.0259. The predicted molar refractivity (Wildman–Crippen MR) is 238 cm³/mol. The first-order chi connectivity index (χ1) is 30.4. The van der Waals surface area contributed by atoms with E-state index in [9.17, 15) is 19.5 Å². The van der Waals surface area contributed by atoms with E-state index in [-0.39, 0.29) is 60.0 Å². The normalized spacial score (nSPS) is 24.5. The highest BCUT2D eigenvalue weighted by Crippen LogP contribution is 2.54.